The van der Waals surface area contributed by atoms with Gasteiger partial charge in [0, 0.05) is 10.8 Å². The van der Waals surface area contributed by atoms with Crippen LogP contribution in [0.4, 0.5) is 0 Å². The smallest absolute Gasteiger partial charge is 0.141 e. The lowest BCUT2D eigenvalue weighted by Gasteiger charge is -2.01. The molecule has 0 aliphatic heterocycles. The molecule has 3 aliphatic rings. The van der Waals surface area contributed by atoms with Gasteiger partial charge in [0.15, 0.2) is 0 Å². The third kappa shape index (κ3) is 1.19. The van der Waals surface area contributed by atoms with E-state index in [1.54, 1.807) is 0 Å². The van der Waals surface area contributed by atoms with Crippen molar-refractivity contribution in [2.24, 2.45) is 5.41 Å². The number of nitrogens with zero attached hydrogens (tertiary/aromatic N) is 2. The van der Waals surface area contributed by atoms with Crippen molar-refractivity contribution in [3.05, 3.63) is 21.4 Å². The molecule has 0 N–H and O–H groups in total. The first-order valence-electron chi connectivity index (χ1n) is 6.75. The molecule has 2 nitrogen and oxygen atoms in total. The van der Waals surface area contributed by atoms with Crippen LogP contribution in [-0.4, -0.2) is 9.97 Å². The molecule has 0 amide bonds. The molecule has 4 heteroatoms. The Balaban J connectivity index is 1.71. The van der Waals surface area contributed by atoms with E-state index in [2.05, 4.69) is 4.98 Å². The number of rotatable bonds is 1. The second kappa shape index (κ2) is 3.07. The van der Waals surface area contributed by atoms with Crippen LogP contribution in [0, 0.1) is 5.41 Å². The first-order chi connectivity index (χ1) is 8.77. The van der Waals surface area contributed by atoms with Gasteiger partial charge in [-0.05, 0) is 49.5 Å². The maximum absolute atomic E-state index is 6.43. The molecular formula is C14H13ClN2S. The Bertz CT molecular complexity index is 687. The number of hydrogen-bond donors (Lipinski definition) is 0. The second-order valence-corrected chi connectivity index (χ2v) is 7.47. The molecule has 3 aliphatic carbocycles. The van der Waals surface area contributed by atoms with Gasteiger partial charge in [0.2, 0.25) is 0 Å². The van der Waals surface area contributed by atoms with Crippen LogP contribution in [0.25, 0.3) is 10.2 Å². The Morgan fingerprint density at radius 1 is 1.22 bits per heavy atom. The molecule has 0 saturated heterocycles. The van der Waals surface area contributed by atoms with Crippen molar-refractivity contribution in [3.8, 4) is 0 Å². The molecule has 18 heavy (non-hydrogen) atoms. The minimum atomic E-state index is 0.608. The number of halogens is 1. The van der Waals surface area contributed by atoms with E-state index < -0.39 is 0 Å². The highest BCUT2D eigenvalue weighted by atomic mass is 35.5. The van der Waals surface area contributed by atoms with Gasteiger partial charge in [-0.1, -0.05) is 11.6 Å². The molecule has 0 bridgehead atoms. The second-order valence-electron chi connectivity index (χ2n) is 6.03. The van der Waals surface area contributed by atoms with Gasteiger partial charge in [-0.3, -0.25) is 0 Å². The third-order valence-corrected chi connectivity index (χ3v) is 6.39. The van der Waals surface area contributed by atoms with E-state index in [0.717, 1.165) is 22.5 Å². The van der Waals surface area contributed by atoms with E-state index in [1.165, 1.54) is 42.5 Å². The molecule has 1 atom stereocenters. The zero-order chi connectivity index (χ0) is 11.9. The maximum atomic E-state index is 6.43. The van der Waals surface area contributed by atoms with Crippen LogP contribution in [-0.2, 0) is 12.8 Å². The van der Waals surface area contributed by atoms with E-state index in [-0.39, 0.29) is 0 Å². The molecule has 92 valence electrons. The fourth-order valence-corrected chi connectivity index (χ4v) is 5.16. The molecule has 0 aromatic carbocycles. The van der Waals surface area contributed by atoms with E-state index in [0.29, 0.717) is 16.5 Å². The van der Waals surface area contributed by atoms with Gasteiger partial charge in [-0.15, -0.1) is 11.3 Å². The van der Waals surface area contributed by atoms with Crippen molar-refractivity contribution >= 4 is 33.2 Å². The van der Waals surface area contributed by atoms with Crippen LogP contribution in [0.2, 0.25) is 5.15 Å². The Morgan fingerprint density at radius 3 is 2.89 bits per heavy atom. The van der Waals surface area contributed by atoms with Crippen LogP contribution in [0.5, 0.6) is 0 Å². The van der Waals surface area contributed by atoms with Crippen molar-refractivity contribution in [2.75, 3.05) is 0 Å². The Kier molecular flexibility index (Phi) is 1.74. The van der Waals surface area contributed by atoms with Crippen molar-refractivity contribution in [3.63, 3.8) is 0 Å². The summed E-state index contributed by atoms with van der Waals surface area (Å²) in [6, 6.07) is 0. The van der Waals surface area contributed by atoms with Crippen LogP contribution in [0.15, 0.2) is 0 Å². The first-order valence-corrected chi connectivity index (χ1v) is 7.94. The minimum Gasteiger partial charge on any atom is -0.222 e. The lowest BCUT2D eigenvalue weighted by atomic mass is 10.2. The highest BCUT2D eigenvalue weighted by Crippen LogP contribution is 2.74. The molecule has 5 rings (SSSR count). The Labute approximate surface area is 114 Å². The molecule has 2 aromatic rings. The fraction of sp³-hybridized carbons (Fsp3) is 0.571. The van der Waals surface area contributed by atoms with Gasteiger partial charge in [0.1, 0.15) is 15.8 Å². The molecule has 2 heterocycles. The number of aromatic nitrogens is 2. The minimum absolute atomic E-state index is 0.608. The molecule has 2 aromatic heterocycles. The molecule has 0 radical (unpaired) electrons. The summed E-state index contributed by atoms with van der Waals surface area (Å²) in [6.45, 7) is 0. The zero-order valence-electron chi connectivity index (χ0n) is 10.0. The SMILES string of the molecule is Clc1nc(C2CC23CC3)nc2sc3c(c12)CCC3. The molecule has 2 saturated carbocycles. The standard InChI is InChI=1S/C14H13ClN2S/c15-11-10-7-2-1-3-9(7)18-13(10)17-12(16-11)8-6-14(8)4-5-14/h8H,1-6H2. The van der Waals surface area contributed by atoms with Crippen molar-refractivity contribution in [2.45, 2.75) is 44.4 Å². The first kappa shape index (κ1) is 10.2. The van der Waals surface area contributed by atoms with Crippen molar-refractivity contribution < 1.29 is 0 Å². The van der Waals surface area contributed by atoms with Crippen LogP contribution >= 0.6 is 22.9 Å². The fourth-order valence-electron chi connectivity index (χ4n) is 3.55. The summed E-state index contributed by atoms with van der Waals surface area (Å²) in [5.41, 5.74) is 2.04. The van der Waals surface area contributed by atoms with E-state index >= 15 is 0 Å². The predicted octanol–water partition coefficient (Wildman–Crippen LogP) is 4.10. The van der Waals surface area contributed by atoms with E-state index in [9.17, 15) is 0 Å². The largest absolute Gasteiger partial charge is 0.222 e. The van der Waals surface area contributed by atoms with Gasteiger partial charge in [0.25, 0.3) is 0 Å². The third-order valence-electron chi connectivity index (χ3n) is 4.93. The summed E-state index contributed by atoms with van der Waals surface area (Å²) >= 11 is 8.27. The molecule has 1 spiro atoms. The van der Waals surface area contributed by atoms with Crippen molar-refractivity contribution in [1.29, 1.82) is 0 Å². The van der Waals surface area contributed by atoms with Gasteiger partial charge in [-0.2, -0.15) is 0 Å². The Morgan fingerprint density at radius 2 is 2.11 bits per heavy atom. The highest BCUT2D eigenvalue weighted by molar-refractivity contribution is 7.19. The summed E-state index contributed by atoms with van der Waals surface area (Å²) in [7, 11) is 0. The number of thiophene rings is 1. The summed E-state index contributed by atoms with van der Waals surface area (Å²) in [5, 5.41) is 1.86. The van der Waals surface area contributed by atoms with Crippen LogP contribution in [0.3, 0.4) is 0 Å². The van der Waals surface area contributed by atoms with Gasteiger partial charge < -0.3 is 0 Å². The zero-order valence-corrected chi connectivity index (χ0v) is 11.6. The average molecular weight is 277 g/mol. The molecule has 2 fully saturated rings. The van der Waals surface area contributed by atoms with Gasteiger partial charge in [0.05, 0.1) is 5.39 Å². The highest BCUT2D eigenvalue weighted by Gasteiger charge is 2.64. The normalized spacial score (nSPS) is 26.8. The van der Waals surface area contributed by atoms with Crippen LogP contribution in [0.1, 0.15) is 47.9 Å². The summed E-state index contributed by atoms with van der Waals surface area (Å²) in [5.74, 6) is 1.63. The molecule has 1 unspecified atom stereocenters. The predicted molar refractivity (Wildman–Crippen MR) is 73.5 cm³/mol. The lowest BCUT2D eigenvalue weighted by molar-refractivity contribution is 0.798. The van der Waals surface area contributed by atoms with E-state index in [4.69, 9.17) is 16.6 Å². The number of aryl methyl sites for hydroxylation is 2. The monoisotopic (exact) mass is 276 g/mol. The van der Waals surface area contributed by atoms with Gasteiger partial charge >= 0.3 is 0 Å². The summed E-state index contributed by atoms with van der Waals surface area (Å²) in [6.07, 6.45) is 7.66. The number of fused-ring (bicyclic) bond motifs is 3. The molecular weight excluding hydrogens is 264 g/mol. The summed E-state index contributed by atoms with van der Waals surface area (Å²) < 4.78 is 0. The van der Waals surface area contributed by atoms with Crippen LogP contribution < -0.4 is 0 Å². The lowest BCUT2D eigenvalue weighted by Crippen LogP contribution is -1.95. The summed E-state index contributed by atoms with van der Waals surface area (Å²) in [4.78, 5) is 12.1. The van der Waals surface area contributed by atoms with Crippen molar-refractivity contribution in [1.82, 2.24) is 9.97 Å². The topological polar surface area (TPSA) is 25.8 Å². The Hall–Kier alpha value is -0.670. The average Bonchev–Trinajstić information content (AvgIpc) is 3.17. The number of hydrogen-bond acceptors (Lipinski definition) is 3. The maximum Gasteiger partial charge on any atom is 0.141 e. The quantitative estimate of drug-likeness (QED) is 0.733. The van der Waals surface area contributed by atoms with Gasteiger partial charge in [-0.25, -0.2) is 9.97 Å². The van der Waals surface area contributed by atoms with E-state index in [1.807, 2.05) is 11.3 Å².